The molecule has 2 fully saturated rings. The third-order valence-corrected chi connectivity index (χ3v) is 7.41. The minimum atomic E-state index is -1.02. The number of unbranched alkanes of at least 4 members (excludes halogenated alkanes) is 1. The summed E-state index contributed by atoms with van der Waals surface area (Å²) in [5, 5.41) is 17.6. The molecule has 3 rings (SSSR count). The van der Waals surface area contributed by atoms with Gasteiger partial charge in [-0.3, -0.25) is 9.59 Å². The van der Waals surface area contributed by atoms with Gasteiger partial charge >= 0.3 is 0 Å². The Labute approximate surface area is 213 Å². The zero-order valence-corrected chi connectivity index (χ0v) is 21.6. The molecular formula is C27H41F2N3O4. The second-order valence-electron chi connectivity index (χ2n) is 10.0. The summed E-state index contributed by atoms with van der Waals surface area (Å²) in [6.07, 6.45) is 2.77. The van der Waals surface area contributed by atoms with E-state index in [4.69, 9.17) is 4.74 Å². The molecule has 0 saturated carbocycles. The largest absolute Gasteiger partial charge is 0.389 e. The highest BCUT2D eigenvalue weighted by Gasteiger charge is 2.44. The van der Waals surface area contributed by atoms with Crippen LogP contribution in [0.5, 0.6) is 0 Å². The summed E-state index contributed by atoms with van der Waals surface area (Å²) in [5.74, 6) is -2.70. The number of ether oxygens (including phenoxy) is 1. The monoisotopic (exact) mass is 509 g/mol. The molecule has 7 nitrogen and oxygen atoms in total. The molecule has 6 atom stereocenters. The summed E-state index contributed by atoms with van der Waals surface area (Å²) in [6, 6.07) is 2.07. The SMILES string of the molecule is CCCCN1CC(C(=O)N[C@@H](Cc2cc(F)cc(F)c2)C(O)[C@H]2C[C@@H](OCC)CCN2)C(CC)C1=O. The van der Waals surface area contributed by atoms with Crippen molar-refractivity contribution in [3.63, 3.8) is 0 Å². The lowest BCUT2D eigenvalue weighted by Gasteiger charge is -2.37. The minimum Gasteiger partial charge on any atom is -0.389 e. The fraction of sp³-hybridized carbons (Fsp3) is 0.704. The first-order valence-electron chi connectivity index (χ1n) is 13.3. The van der Waals surface area contributed by atoms with Crippen LogP contribution in [0, 0.1) is 23.5 Å². The van der Waals surface area contributed by atoms with E-state index in [1.807, 2.05) is 13.8 Å². The number of nitrogens with zero attached hydrogens (tertiary/aromatic N) is 1. The Hall–Kier alpha value is -2.10. The van der Waals surface area contributed by atoms with Gasteiger partial charge in [0.05, 0.1) is 30.1 Å². The summed E-state index contributed by atoms with van der Waals surface area (Å²) in [5.41, 5.74) is 0.341. The quantitative estimate of drug-likeness (QED) is 0.403. The Morgan fingerprint density at radius 2 is 1.97 bits per heavy atom. The minimum absolute atomic E-state index is 0.0103. The van der Waals surface area contributed by atoms with Gasteiger partial charge in [-0.1, -0.05) is 20.3 Å². The highest BCUT2D eigenvalue weighted by molar-refractivity contribution is 5.91. The molecule has 2 aliphatic heterocycles. The van der Waals surface area contributed by atoms with Crippen molar-refractivity contribution >= 4 is 11.8 Å². The van der Waals surface area contributed by atoms with Crippen LogP contribution in [0.1, 0.15) is 58.4 Å². The molecule has 202 valence electrons. The van der Waals surface area contributed by atoms with Crippen molar-refractivity contribution in [2.45, 2.75) is 83.6 Å². The zero-order valence-electron chi connectivity index (χ0n) is 21.6. The molecule has 0 radical (unpaired) electrons. The Balaban J connectivity index is 1.79. The smallest absolute Gasteiger partial charge is 0.226 e. The molecule has 3 unspecified atom stereocenters. The van der Waals surface area contributed by atoms with Gasteiger partial charge in [0.1, 0.15) is 11.6 Å². The van der Waals surface area contributed by atoms with Crippen molar-refractivity contribution in [2.75, 3.05) is 26.2 Å². The van der Waals surface area contributed by atoms with Gasteiger partial charge < -0.3 is 25.4 Å². The topological polar surface area (TPSA) is 90.9 Å². The average Bonchev–Trinajstić information content (AvgIpc) is 3.16. The second kappa shape index (κ2) is 13.4. The number of carbonyl (C=O) groups is 2. The van der Waals surface area contributed by atoms with Crippen molar-refractivity contribution in [3.8, 4) is 0 Å². The van der Waals surface area contributed by atoms with Gasteiger partial charge in [-0.25, -0.2) is 8.78 Å². The molecule has 2 amide bonds. The number of aliphatic hydroxyl groups excluding tert-OH is 1. The summed E-state index contributed by atoms with van der Waals surface area (Å²) in [6.45, 7) is 8.06. The summed E-state index contributed by atoms with van der Waals surface area (Å²) in [7, 11) is 0. The van der Waals surface area contributed by atoms with E-state index >= 15 is 0 Å². The van der Waals surface area contributed by atoms with E-state index in [0.29, 0.717) is 44.6 Å². The molecule has 1 aromatic carbocycles. The van der Waals surface area contributed by atoms with Gasteiger partial charge in [0.25, 0.3) is 0 Å². The third-order valence-electron chi connectivity index (χ3n) is 7.41. The highest BCUT2D eigenvalue weighted by atomic mass is 19.1. The van der Waals surface area contributed by atoms with Crippen LogP contribution >= 0.6 is 0 Å². The van der Waals surface area contributed by atoms with E-state index < -0.39 is 35.6 Å². The maximum Gasteiger partial charge on any atom is 0.226 e. The number of hydrogen-bond donors (Lipinski definition) is 3. The van der Waals surface area contributed by atoms with E-state index in [9.17, 15) is 23.5 Å². The van der Waals surface area contributed by atoms with Crippen LogP contribution in [0.15, 0.2) is 18.2 Å². The Morgan fingerprint density at radius 3 is 2.61 bits per heavy atom. The van der Waals surface area contributed by atoms with Gasteiger partial charge in [0.15, 0.2) is 0 Å². The van der Waals surface area contributed by atoms with E-state index in [0.717, 1.165) is 25.3 Å². The predicted molar refractivity (Wildman–Crippen MR) is 133 cm³/mol. The predicted octanol–water partition coefficient (Wildman–Crippen LogP) is 2.79. The maximum atomic E-state index is 13.9. The van der Waals surface area contributed by atoms with Gasteiger partial charge in [-0.15, -0.1) is 0 Å². The molecule has 3 N–H and O–H groups in total. The van der Waals surface area contributed by atoms with Gasteiger partial charge in [0, 0.05) is 31.8 Å². The first-order valence-corrected chi connectivity index (χ1v) is 13.3. The van der Waals surface area contributed by atoms with Gasteiger partial charge in [-0.2, -0.15) is 0 Å². The summed E-state index contributed by atoms with van der Waals surface area (Å²) >= 11 is 0. The molecule has 0 spiro atoms. The lowest BCUT2D eigenvalue weighted by molar-refractivity contribution is -0.134. The summed E-state index contributed by atoms with van der Waals surface area (Å²) < 4.78 is 33.6. The number of amides is 2. The first-order chi connectivity index (χ1) is 17.3. The Bertz CT molecular complexity index is 864. The van der Waals surface area contributed by atoms with Crippen LogP contribution in [-0.2, 0) is 20.7 Å². The van der Waals surface area contributed by atoms with Crippen LogP contribution in [-0.4, -0.2) is 72.4 Å². The molecule has 1 aromatic rings. The van der Waals surface area contributed by atoms with E-state index in [1.165, 1.54) is 12.1 Å². The average molecular weight is 510 g/mol. The van der Waals surface area contributed by atoms with E-state index in [-0.39, 0.29) is 30.4 Å². The molecule has 0 aliphatic carbocycles. The molecule has 2 saturated heterocycles. The number of rotatable bonds is 12. The Morgan fingerprint density at radius 1 is 1.25 bits per heavy atom. The lowest BCUT2D eigenvalue weighted by Crippen LogP contribution is -2.58. The molecule has 2 heterocycles. The van der Waals surface area contributed by atoms with Crippen LogP contribution in [0.3, 0.4) is 0 Å². The van der Waals surface area contributed by atoms with Crippen molar-refractivity contribution in [2.24, 2.45) is 11.8 Å². The van der Waals surface area contributed by atoms with E-state index in [1.54, 1.807) is 4.90 Å². The van der Waals surface area contributed by atoms with Crippen molar-refractivity contribution in [3.05, 3.63) is 35.4 Å². The van der Waals surface area contributed by atoms with Crippen LogP contribution in [0.2, 0.25) is 0 Å². The number of hydrogen-bond acceptors (Lipinski definition) is 5. The standard InChI is InChI=1S/C27H41F2N3O4/c1-4-7-10-32-16-22(21(5-2)27(32)35)26(34)31-24(13-17-11-18(28)14-19(29)12-17)25(33)23-15-20(36-6-3)8-9-30-23/h11-12,14,20-25,30,33H,4-10,13,15-16H2,1-3H3,(H,31,34)/t20-,21?,22?,23+,24-,25?/m0/s1. The fourth-order valence-electron chi connectivity index (χ4n) is 5.51. The number of halogens is 2. The number of likely N-dealkylation sites (tertiary alicyclic amines) is 1. The van der Waals surface area contributed by atoms with Crippen molar-refractivity contribution in [1.82, 2.24) is 15.5 Å². The van der Waals surface area contributed by atoms with Crippen LogP contribution in [0.25, 0.3) is 0 Å². The first kappa shape index (κ1) is 28.5. The molecular weight excluding hydrogens is 468 g/mol. The van der Waals surface area contributed by atoms with Crippen LogP contribution < -0.4 is 10.6 Å². The number of piperidine rings is 1. The second-order valence-corrected chi connectivity index (χ2v) is 10.0. The number of aliphatic hydroxyl groups is 1. The lowest BCUT2D eigenvalue weighted by atomic mass is 9.88. The molecule has 2 aliphatic rings. The van der Waals surface area contributed by atoms with Crippen molar-refractivity contribution in [1.29, 1.82) is 0 Å². The fourth-order valence-corrected chi connectivity index (χ4v) is 5.51. The maximum absolute atomic E-state index is 13.9. The molecule has 9 heteroatoms. The van der Waals surface area contributed by atoms with Crippen molar-refractivity contribution < 1.29 is 28.2 Å². The Kier molecular flexibility index (Phi) is 10.6. The summed E-state index contributed by atoms with van der Waals surface area (Å²) in [4.78, 5) is 28.1. The number of nitrogens with one attached hydrogen (secondary N) is 2. The van der Waals surface area contributed by atoms with Gasteiger partial charge in [0.2, 0.25) is 11.8 Å². The number of carbonyl (C=O) groups excluding carboxylic acids is 2. The van der Waals surface area contributed by atoms with E-state index in [2.05, 4.69) is 17.6 Å². The molecule has 0 bridgehead atoms. The van der Waals surface area contributed by atoms with Crippen LogP contribution in [0.4, 0.5) is 8.78 Å². The zero-order chi connectivity index (χ0) is 26.2. The van der Waals surface area contributed by atoms with Gasteiger partial charge in [-0.05, 0) is 63.3 Å². The molecule has 0 aromatic heterocycles. The molecule has 36 heavy (non-hydrogen) atoms. The highest BCUT2D eigenvalue weighted by Crippen LogP contribution is 2.29. The third kappa shape index (κ3) is 7.23. The normalized spacial score (nSPS) is 26.2. The number of benzene rings is 1.